The van der Waals surface area contributed by atoms with Crippen LogP contribution in [0.1, 0.15) is 50.7 Å². The SMILES string of the molecule is CCOC(=O)c1c(NC(=O)CNC(=O)c2cc(OC)c(OC)c(OC)c2)oc(C)c1C(C)=O. The van der Waals surface area contributed by atoms with Crippen molar-refractivity contribution in [1.82, 2.24) is 5.32 Å². The van der Waals surface area contributed by atoms with Gasteiger partial charge in [-0.3, -0.25) is 19.7 Å². The molecule has 0 bridgehead atoms. The van der Waals surface area contributed by atoms with Crippen LogP contribution in [0.25, 0.3) is 0 Å². The van der Waals surface area contributed by atoms with E-state index >= 15 is 0 Å². The molecule has 0 aliphatic carbocycles. The van der Waals surface area contributed by atoms with E-state index in [9.17, 15) is 19.2 Å². The molecule has 2 aromatic rings. The van der Waals surface area contributed by atoms with E-state index in [1.54, 1.807) is 6.92 Å². The second-order valence-electron chi connectivity index (χ2n) is 6.66. The van der Waals surface area contributed by atoms with Gasteiger partial charge in [0.05, 0.1) is 40.0 Å². The van der Waals surface area contributed by atoms with Crippen molar-refractivity contribution in [3.63, 3.8) is 0 Å². The molecule has 0 unspecified atom stereocenters. The number of esters is 1. The van der Waals surface area contributed by atoms with Gasteiger partial charge in [-0.1, -0.05) is 0 Å². The minimum Gasteiger partial charge on any atom is -0.493 e. The number of ketones is 1. The normalized spacial score (nSPS) is 10.2. The van der Waals surface area contributed by atoms with Crippen LogP contribution in [0.4, 0.5) is 5.88 Å². The molecule has 0 atom stereocenters. The topological polar surface area (TPSA) is 142 Å². The highest BCUT2D eigenvalue weighted by Crippen LogP contribution is 2.38. The maximum Gasteiger partial charge on any atom is 0.344 e. The molecule has 11 heteroatoms. The number of hydrogen-bond acceptors (Lipinski definition) is 9. The summed E-state index contributed by atoms with van der Waals surface area (Å²) in [5.41, 5.74) is 0.00795. The third-order valence-electron chi connectivity index (χ3n) is 4.51. The van der Waals surface area contributed by atoms with Crippen molar-refractivity contribution in [2.45, 2.75) is 20.8 Å². The van der Waals surface area contributed by atoms with Gasteiger partial charge in [0.1, 0.15) is 11.3 Å². The smallest absolute Gasteiger partial charge is 0.344 e. The van der Waals surface area contributed by atoms with Crippen LogP contribution in [0.2, 0.25) is 0 Å². The number of Topliss-reactive ketones (excluding diaryl/α,β-unsaturated/α-hetero) is 1. The van der Waals surface area contributed by atoms with Gasteiger partial charge in [0.25, 0.3) is 5.91 Å². The number of methoxy groups -OCH3 is 3. The van der Waals surface area contributed by atoms with Crippen molar-refractivity contribution in [3.05, 3.63) is 34.6 Å². The Labute approximate surface area is 190 Å². The lowest BCUT2D eigenvalue weighted by Gasteiger charge is -2.14. The molecule has 0 radical (unpaired) electrons. The van der Waals surface area contributed by atoms with Gasteiger partial charge in [-0.05, 0) is 32.9 Å². The number of nitrogens with one attached hydrogen (secondary N) is 2. The van der Waals surface area contributed by atoms with Gasteiger partial charge in [0.2, 0.25) is 17.5 Å². The fraction of sp³-hybridized carbons (Fsp3) is 0.364. The third kappa shape index (κ3) is 5.62. The largest absolute Gasteiger partial charge is 0.493 e. The van der Waals surface area contributed by atoms with Crippen molar-refractivity contribution >= 4 is 29.5 Å². The summed E-state index contributed by atoms with van der Waals surface area (Å²) >= 11 is 0. The molecule has 0 aliphatic rings. The van der Waals surface area contributed by atoms with Crippen LogP contribution in [0, 0.1) is 6.92 Å². The fourth-order valence-electron chi connectivity index (χ4n) is 3.10. The maximum absolute atomic E-state index is 12.6. The minimum absolute atomic E-state index is 0.0187. The Morgan fingerprint density at radius 1 is 0.970 bits per heavy atom. The predicted octanol–water partition coefficient (Wildman–Crippen LogP) is 2.36. The summed E-state index contributed by atoms with van der Waals surface area (Å²) in [4.78, 5) is 49.3. The average Bonchev–Trinajstić information content (AvgIpc) is 3.12. The molecule has 33 heavy (non-hydrogen) atoms. The molecular formula is C22H26N2O9. The van der Waals surface area contributed by atoms with E-state index in [2.05, 4.69) is 10.6 Å². The van der Waals surface area contributed by atoms with Gasteiger partial charge in [-0.15, -0.1) is 0 Å². The molecule has 0 saturated carbocycles. The number of aryl methyl sites for hydroxylation is 1. The number of amides is 2. The number of anilines is 1. The Hall–Kier alpha value is -4.02. The highest BCUT2D eigenvalue weighted by molar-refractivity contribution is 6.11. The van der Waals surface area contributed by atoms with E-state index in [0.29, 0.717) is 5.75 Å². The maximum atomic E-state index is 12.6. The second kappa shape index (κ2) is 11.0. The highest BCUT2D eigenvalue weighted by atomic mass is 16.5. The van der Waals surface area contributed by atoms with Gasteiger partial charge >= 0.3 is 5.97 Å². The van der Waals surface area contributed by atoms with E-state index in [4.69, 9.17) is 23.4 Å². The molecule has 0 aliphatic heterocycles. The fourth-order valence-corrected chi connectivity index (χ4v) is 3.10. The molecule has 2 amide bonds. The summed E-state index contributed by atoms with van der Waals surface area (Å²) in [5.74, 6) is -1.73. The van der Waals surface area contributed by atoms with Gasteiger partial charge in [-0.2, -0.15) is 0 Å². The number of hydrogen-bond donors (Lipinski definition) is 2. The van der Waals surface area contributed by atoms with Crippen LogP contribution in [0.5, 0.6) is 17.2 Å². The van der Waals surface area contributed by atoms with Crippen molar-refractivity contribution in [1.29, 1.82) is 0 Å². The summed E-state index contributed by atoms with van der Waals surface area (Å²) in [6, 6.07) is 2.87. The van der Waals surface area contributed by atoms with Crippen molar-refractivity contribution < 1.29 is 42.5 Å². The molecule has 0 saturated heterocycles. The molecule has 11 nitrogen and oxygen atoms in total. The molecule has 0 spiro atoms. The Kier molecular flexibility index (Phi) is 8.43. The van der Waals surface area contributed by atoms with E-state index in [-0.39, 0.29) is 46.4 Å². The minimum atomic E-state index is -0.809. The van der Waals surface area contributed by atoms with Crippen molar-refractivity contribution in [2.75, 3.05) is 39.8 Å². The molecular weight excluding hydrogens is 436 g/mol. The number of carbonyl (C=O) groups is 4. The molecule has 0 fully saturated rings. The molecule has 2 rings (SSSR count). The van der Waals surface area contributed by atoms with Crippen LogP contribution >= 0.6 is 0 Å². The van der Waals surface area contributed by atoms with Crippen molar-refractivity contribution in [3.8, 4) is 17.2 Å². The molecule has 178 valence electrons. The van der Waals surface area contributed by atoms with Gasteiger partial charge in [0.15, 0.2) is 17.3 Å². The van der Waals surface area contributed by atoms with Crippen molar-refractivity contribution in [2.24, 2.45) is 0 Å². The summed E-state index contributed by atoms with van der Waals surface area (Å²) in [7, 11) is 4.26. The summed E-state index contributed by atoms with van der Waals surface area (Å²) < 4.78 is 26.0. The summed E-state index contributed by atoms with van der Waals surface area (Å²) in [6.45, 7) is 3.98. The Balaban J connectivity index is 2.18. The number of benzene rings is 1. The van der Waals surface area contributed by atoms with Crippen LogP contribution in [0.3, 0.4) is 0 Å². The van der Waals surface area contributed by atoms with E-state index < -0.39 is 30.1 Å². The first-order valence-electron chi connectivity index (χ1n) is 9.87. The first-order chi connectivity index (χ1) is 15.7. The van der Waals surface area contributed by atoms with Crippen LogP contribution in [-0.2, 0) is 9.53 Å². The number of furan rings is 1. The Bertz CT molecular complexity index is 1050. The van der Waals surface area contributed by atoms with E-state index in [1.165, 1.54) is 47.3 Å². The van der Waals surface area contributed by atoms with Crippen LogP contribution < -0.4 is 24.8 Å². The standard InChI is InChI=1S/C22H26N2O9/c1-7-32-22(28)18-17(11(2)25)12(3)33-21(18)24-16(26)10-23-20(27)13-8-14(29-4)19(31-6)15(9-13)30-5/h8-9H,7,10H2,1-6H3,(H,23,27)(H,24,26). The van der Waals surface area contributed by atoms with Crippen LogP contribution in [0.15, 0.2) is 16.5 Å². The number of carbonyl (C=O) groups excluding carboxylic acids is 4. The third-order valence-corrected chi connectivity index (χ3v) is 4.51. The lowest BCUT2D eigenvalue weighted by molar-refractivity contribution is -0.115. The lowest BCUT2D eigenvalue weighted by atomic mass is 10.1. The molecule has 2 N–H and O–H groups in total. The zero-order valence-electron chi connectivity index (χ0n) is 19.2. The molecule has 1 aromatic heterocycles. The zero-order chi connectivity index (χ0) is 24.7. The number of ether oxygens (including phenoxy) is 4. The molecule has 1 aromatic carbocycles. The van der Waals surface area contributed by atoms with E-state index in [0.717, 1.165) is 0 Å². The van der Waals surface area contributed by atoms with Gasteiger partial charge < -0.3 is 28.7 Å². The average molecular weight is 462 g/mol. The zero-order valence-corrected chi connectivity index (χ0v) is 19.2. The second-order valence-corrected chi connectivity index (χ2v) is 6.66. The van der Waals surface area contributed by atoms with Gasteiger partial charge in [0, 0.05) is 5.56 Å². The lowest BCUT2D eigenvalue weighted by Crippen LogP contribution is -2.33. The van der Waals surface area contributed by atoms with E-state index in [1.807, 2.05) is 0 Å². The first kappa shape index (κ1) is 25.2. The Morgan fingerprint density at radius 2 is 1.58 bits per heavy atom. The quantitative estimate of drug-likeness (QED) is 0.402. The van der Waals surface area contributed by atoms with Crippen LogP contribution in [-0.4, -0.2) is 58.0 Å². The number of rotatable bonds is 10. The first-order valence-corrected chi connectivity index (χ1v) is 9.87. The predicted molar refractivity (Wildman–Crippen MR) is 116 cm³/mol. The van der Waals surface area contributed by atoms with Gasteiger partial charge in [-0.25, -0.2) is 4.79 Å². The summed E-state index contributed by atoms with van der Waals surface area (Å²) in [6.07, 6.45) is 0. The summed E-state index contributed by atoms with van der Waals surface area (Å²) in [5, 5.41) is 4.84. The molecule has 1 heterocycles. The highest BCUT2D eigenvalue weighted by Gasteiger charge is 2.29. The Morgan fingerprint density at radius 3 is 2.06 bits per heavy atom. The monoisotopic (exact) mass is 462 g/mol.